The summed E-state index contributed by atoms with van der Waals surface area (Å²) >= 11 is 0. The van der Waals surface area contributed by atoms with Crippen LogP contribution in [0.15, 0.2) is 0 Å². The smallest absolute Gasteiger partial charge is 0.118 e. The molecule has 6 nitrogen and oxygen atoms in total. The molecule has 1 saturated heterocycles. The van der Waals surface area contributed by atoms with Crippen LogP contribution in [-0.2, 0) is 23.5 Å². The van der Waals surface area contributed by atoms with Gasteiger partial charge in [0.15, 0.2) is 0 Å². The van der Waals surface area contributed by atoms with E-state index in [-0.39, 0.29) is 6.90 Å². The number of rotatable bonds is 13. The maximum absolute atomic E-state index is 8.20. The molecule has 7 heteroatoms. The maximum Gasteiger partial charge on any atom is 0.118 e. The lowest BCUT2D eigenvalue weighted by Gasteiger charge is -2.39. The quantitative estimate of drug-likeness (QED) is 0.360. The molecule has 0 radical (unpaired) electrons. The van der Waals surface area contributed by atoms with Gasteiger partial charge < -0.3 is 23.5 Å². The van der Waals surface area contributed by atoms with Crippen molar-refractivity contribution in [1.82, 2.24) is 4.67 Å². The molecule has 1 heterocycles. The molecule has 5 atom stereocenters. The zero-order valence-corrected chi connectivity index (χ0v) is 17.5. The minimum absolute atomic E-state index is 0.0504. The van der Waals surface area contributed by atoms with Crippen molar-refractivity contribution in [2.24, 2.45) is 0 Å². The van der Waals surface area contributed by atoms with Crippen molar-refractivity contribution in [3.05, 3.63) is 0 Å². The van der Waals surface area contributed by atoms with E-state index in [9.17, 15) is 0 Å². The van der Waals surface area contributed by atoms with Gasteiger partial charge in [0.1, 0.15) is 20.5 Å². The van der Waals surface area contributed by atoms with Crippen LogP contribution in [0.1, 0.15) is 43.8 Å². The fraction of sp³-hybridized carbons (Fsp3) is 1.00. The first kappa shape index (κ1) is 19.9. The molecule has 0 bridgehead atoms. The molecule has 1 fully saturated rings. The van der Waals surface area contributed by atoms with Gasteiger partial charge in [-0.2, -0.15) is 0 Å². The predicted molar refractivity (Wildman–Crippen MR) is 102 cm³/mol. The Kier molecular flexibility index (Phi) is 10.0. The third kappa shape index (κ3) is 7.76. The number of ether oxygens (including phenoxy) is 4. The van der Waals surface area contributed by atoms with Crippen LogP contribution in [0.5, 0.6) is 0 Å². The average Bonchev–Trinajstić information content (AvgIpc) is 2.90. The Morgan fingerprint density at radius 1 is 1.20 bits per heavy atom. The number of methoxy groups -OCH3 is 2. The van der Waals surface area contributed by atoms with Gasteiger partial charge in [-0.3, -0.25) is 4.67 Å². The molecular weight excluding hydrogens is 341 g/mol. The highest BCUT2D eigenvalue weighted by molar-refractivity contribution is 7.50. The first-order valence-corrected chi connectivity index (χ1v) is 10.5. The Hall–Kier alpha value is 0.190. The van der Waals surface area contributed by atoms with Gasteiger partial charge in [-0.05, 0) is 41.0 Å². The van der Waals surface area contributed by atoms with E-state index in [0.29, 0.717) is 31.9 Å². The zero-order chi connectivity index (χ0) is 20.4. The summed E-state index contributed by atoms with van der Waals surface area (Å²) in [4.78, 5) is 0. The summed E-state index contributed by atoms with van der Waals surface area (Å²) < 4.78 is 46.7. The standard InChI is InChI=1S/C18H38NO5P/c1-14(2)19(15(3)4)25(12-8-9-20-6)24-18-16(5)23-13-17(18)22-11-10-21-7/h14-18H,8-13H2,1-7H3/t16-,17+,18-,25?/m1/s1/i5D,13T/t13-,16+,17-,18+,25?/m0. The molecule has 25 heavy (non-hydrogen) atoms. The Morgan fingerprint density at radius 2 is 1.88 bits per heavy atom. The Bertz CT molecular complexity index is 387. The van der Waals surface area contributed by atoms with Gasteiger partial charge in [0.05, 0.1) is 27.3 Å². The molecule has 0 aromatic rings. The maximum atomic E-state index is 8.20. The van der Waals surface area contributed by atoms with Crippen LogP contribution < -0.4 is 0 Å². The molecule has 1 aliphatic heterocycles. The summed E-state index contributed by atoms with van der Waals surface area (Å²) in [5, 5.41) is 0. The van der Waals surface area contributed by atoms with Crippen molar-refractivity contribution in [2.75, 3.05) is 46.8 Å². The molecule has 1 aliphatic rings. The molecule has 1 rings (SSSR count). The predicted octanol–water partition coefficient (Wildman–Crippen LogP) is 3.29. The average molecular weight is 382 g/mol. The van der Waals surface area contributed by atoms with Gasteiger partial charge in [-0.1, -0.05) is 0 Å². The minimum atomic E-state index is -0.927. The molecule has 0 spiro atoms. The monoisotopic (exact) mass is 382 g/mol. The molecule has 150 valence electrons. The summed E-state index contributed by atoms with van der Waals surface area (Å²) in [6, 6.07) is 0.658. The first-order valence-electron chi connectivity index (χ1n) is 10.3. The number of hydrogen-bond donors (Lipinski definition) is 0. The fourth-order valence-electron chi connectivity index (χ4n) is 2.89. The molecule has 0 amide bonds. The lowest BCUT2D eigenvalue weighted by Crippen LogP contribution is -2.39. The highest BCUT2D eigenvalue weighted by Crippen LogP contribution is 2.48. The summed E-state index contributed by atoms with van der Waals surface area (Å²) in [7, 11) is 2.40. The van der Waals surface area contributed by atoms with E-state index in [0.717, 1.165) is 12.6 Å². The topological polar surface area (TPSA) is 49.4 Å². The highest BCUT2D eigenvalue weighted by atomic mass is 31.2. The fourth-order valence-corrected chi connectivity index (χ4v) is 5.30. The van der Waals surface area contributed by atoms with E-state index in [1.807, 2.05) is 0 Å². The molecule has 0 aromatic heterocycles. The summed E-state index contributed by atoms with van der Waals surface area (Å²) in [5.74, 6) is 0. The SMILES string of the molecule is [2H]C[C@H]1O[C@@H]([3H])[C@H](OCCOC)[C@@H]1OP(CCCOC)N(C(C)C)C(C)C. The lowest BCUT2D eigenvalue weighted by atomic mass is 10.2. The van der Waals surface area contributed by atoms with Crippen molar-refractivity contribution in [1.29, 1.82) is 0 Å². The number of nitrogens with zero attached hydrogens (tertiary/aromatic N) is 1. The summed E-state index contributed by atoms with van der Waals surface area (Å²) in [6.45, 7) is 9.40. The van der Waals surface area contributed by atoms with Crippen molar-refractivity contribution >= 4 is 8.30 Å². The molecule has 0 N–H and O–H groups in total. The van der Waals surface area contributed by atoms with Crippen molar-refractivity contribution in [3.8, 4) is 0 Å². The highest BCUT2D eigenvalue weighted by Gasteiger charge is 2.39. The van der Waals surface area contributed by atoms with Crippen LogP contribution in [0.25, 0.3) is 0 Å². The van der Waals surface area contributed by atoms with Gasteiger partial charge >= 0.3 is 0 Å². The normalized spacial score (nSPS) is 29.5. The Labute approximate surface area is 158 Å². The van der Waals surface area contributed by atoms with E-state index >= 15 is 0 Å². The summed E-state index contributed by atoms with van der Waals surface area (Å²) in [5.41, 5.74) is 0. The van der Waals surface area contributed by atoms with Gasteiger partial charge in [-0.25, -0.2) is 0 Å². The van der Waals surface area contributed by atoms with E-state index in [4.69, 9.17) is 26.2 Å². The molecule has 0 aromatic carbocycles. The second-order valence-corrected chi connectivity index (χ2v) is 8.52. The van der Waals surface area contributed by atoms with Gasteiger partial charge in [0.25, 0.3) is 0 Å². The van der Waals surface area contributed by atoms with E-state index in [2.05, 4.69) is 32.4 Å². The zero-order valence-electron chi connectivity index (χ0n) is 18.6. The van der Waals surface area contributed by atoms with Crippen molar-refractivity contribution in [2.45, 2.75) is 71.4 Å². The van der Waals surface area contributed by atoms with Crippen LogP contribution >= 0.6 is 8.30 Å². The number of hydrogen-bond acceptors (Lipinski definition) is 6. The lowest BCUT2D eigenvalue weighted by molar-refractivity contribution is -0.0232. The van der Waals surface area contributed by atoms with Crippen molar-refractivity contribution in [3.63, 3.8) is 0 Å². The third-order valence-electron chi connectivity index (χ3n) is 3.93. The second-order valence-electron chi connectivity index (χ2n) is 6.70. The van der Waals surface area contributed by atoms with Gasteiger partial charge in [-0.15, -0.1) is 0 Å². The van der Waals surface area contributed by atoms with Crippen LogP contribution in [-0.4, -0.2) is 81.9 Å². The Balaban J connectivity index is 2.94. The van der Waals surface area contributed by atoms with Crippen molar-refractivity contribution < 1.29 is 26.2 Å². The van der Waals surface area contributed by atoms with Crippen LogP contribution in [0.2, 0.25) is 0 Å². The van der Waals surface area contributed by atoms with E-state index < -0.39 is 33.2 Å². The largest absolute Gasteiger partial charge is 0.385 e. The summed E-state index contributed by atoms with van der Waals surface area (Å²) in [6.07, 6.45) is 0.388. The molecular formula is C18H38NO5P. The van der Waals surface area contributed by atoms with Crippen LogP contribution in [0.4, 0.5) is 0 Å². The van der Waals surface area contributed by atoms with E-state index in [1.165, 1.54) is 0 Å². The minimum Gasteiger partial charge on any atom is -0.385 e. The van der Waals surface area contributed by atoms with Crippen LogP contribution in [0.3, 0.4) is 0 Å². The molecule has 0 aliphatic carbocycles. The van der Waals surface area contributed by atoms with Gasteiger partial charge in [0, 0.05) is 40.4 Å². The van der Waals surface area contributed by atoms with Gasteiger partial charge in [0.2, 0.25) is 0 Å². The Morgan fingerprint density at radius 3 is 2.44 bits per heavy atom. The molecule has 1 unspecified atom stereocenters. The third-order valence-corrected chi connectivity index (χ3v) is 6.56. The van der Waals surface area contributed by atoms with E-state index in [1.54, 1.807) is 14.2 Å². The first-order chi connectivity index (χ1) is 12.9. The second kappa shape index (κ2) is 12.6. The molecule has 0 saturated carbocycles. The van der Waals surface area contributed by atoms with Crippen LogP contribution in [0, 0.1) is 0 Å².